The Bertz CT molecular complexity index is 622. The third-order valence-corrected chi connectivity index (χ3v) is 5.20. The van der Waals surface area contributed by atoms with Gasteiger partial charge in [0.2, 0.25) is 0 Å². The van der Waals surface area contributed by atoms with Gasteiger partial charge in [0, 0.05) is 45.6 Å². The van der Waals surface area contributed by atoms with Crippen molar-refractivity contribution in [2.75, 3.05) is 11.5 Å². The van der Waals surface area contributed by atoms with Gasteiger partial charge in [-0.1, -0.05) is 25.3 Å². The Morgan fingerprint density at radius 1 is 1.29 bits per heavy atom. The van der Waals surface area contributed by atoms with Crippen molar-refractivity contribution in [2.45, 2.75) is 38.2 Å². The molecule has 0 aromatic heterocycles. The minimum absolute atomic E-state index is 0. The normalized spacial score (nSPS) is 19.2. The van der Waals surface area contributed by atoms with Crippen molar-refractivity contribution in [1.29, 1.82) is 0 Å². The Kier molecular flexibility index (Phi) is 6.62. The van der Waals surface area contributed by atoms with Crippen molar-refractivity contribution in [1.82, 2.24) is 0 Å². The Morgan fingerprint density at radius 3 is 2.38 bits per heavy atom. The fourth-order valence-corrected chi connectivity index (χ4v) is 3.56. The standard InChI is InChI=1S/C16H19O3S.Y/c1-13(2)15-5-3-14(4-6-15)7-8-16(17)9-11-20(18,19)12-10-16;/h3-5,13,17H,9-12H2,1-2H3;/q-1;. The number of sulfone groups is 1. The molecule has 5 heteroatoms. The van der Waals surface area contributed by atoms with E-state index in [1.54, 1.807) is 0 Å². The van der Waals surface area contributed by atoms with E-state index in [-0.39, 0.29) is 57.1 Å². The molecule has 1 saturated heterocycles. The van der Waals surface area contributed by atoms with Crippen LogP contribution in [0.4, 0.5) is 0 Å². The molecule has 1 fully saturated rings. The molecule has 111 valence electrons. The molecule has 3 nitrogen and oxygen atoms in total. The summed E-state index contributed by atoms with van der Waals surface area (Å²) in [5, 5.41) is 10.3. The molecule has 1 aromatic carbocycles. The summed E-state index contributed by atoms with van der Waals surface area (Å²) in [7, 11) is -2.99. The van der Waals surface area contributed by atoms with Crippen LogP contribution in [0.1, 0.15) is 43.7 Å². The molecule has 2 rings (SSSR count). The largest absolute Gasteiger partial charge is 0.378 e. The summed E-state index contributed by atoms with van der Waals surface area (Å²) in [5.74, 6) is 6.19. The SMILES string of the molecule is CC(C)c1[c-]cc(C#CC2(O)CCS(=O)(=O)CC2)cc1.[Y]. The van der Waals surface area contributed by atoms with Crippen molar-refractivity contribution in [3.05, 3.63) is 35.4 Å². The minimum Gasteiger partial charge on any atom is -0.378 e. The van der Waals surface area contributed by atoms with E-state index < -0.39 is 15.4 Å². The number of hydrogen-bond acceptors (Lipinski definition) is 3. The zero-order chi connectivity index (χ0) is 14.8. The second-order valence-electron chi connectivity index (χ2n) is 5.62. The quantitative estimate of drug-likeness (QED) is 0.598. The van der Waals surface area contributed by atoms with E-state index >= 15 is 0 Å². The summed E-state index contributed by atoms with van der Waals surface area (Å²) in [4.78, 5) is 0. The van der Waals surface area contributed by atoms with E-state index in [2.05, 4.69) is 31.8 Å². The van der Waals surface area contributed by atoms with Crippen LogP contribution < -0.4 is 0 Å². The first-order valence-corrected chi connectivity index (χ1v) is 8.59. The van der Waals surface area contributed by atoms with Crippen LogP contribution in [0.25, 0.3) is 0 Å². The first-order chi connectivity index (χ1) is 9.30. The van der Waals surface area contributed by atoms with Crippen LogP contribution in [0, 0.1) is 17.9 Å². The average molecular weight is 380 g/mol. The fourth-order valence-electron chi connectivity index (χ4n) is 2.06. The predicted octanol–water partition coefficient (Wildman–Crippen LogP) is 1.90. The van der Waals surface area contributed by atoms with Gasteiger partial charge in [0.25, 0.3) is 0 Å². The molecule has 0 bridgehead atoms. The van der Waals surface area contributed by atoms with Gasteiger partial charge in [-0.15, -0.1) is 5.92 Å². The smallest absolute Gasteiger partial charge is 0.150 e. The molecule has 1 aromatic rings. The van der Waals surface area contributed by atoms with Crippen LogP contribution in [0.5, 0.6) is 0 Å². The molecule has 1 N–H and O–H groups in total. The number of benzene rings is 1. The summed E-state index contributed by atoms with van der Waals surface area (Å²) in [6, 6.07) is 8.86. The Labute approximate surface area is 152 Å². The molecule has 0 aliphatic carbocycles. The van der Waals surface area contributed by atoms with Gasteiger partial charge in [-0.2, -0.15) is 29.8 Å². The molecular formula is C16H19O3SY-. The van der Waals surface area contributed by atoms with Gasteiger partial charge in [-0.05, 0) is 5.92 Å². The summed E-state index contributed by atoms with van der Waals surface area (Å²) >= 11 is 0. The molecule has 0 spiro atoms. The maximum absolute atomic E-state index is 11.3. The molecule has 21 heavy (non-hydrogen) atoms. The topological polar surface area (TPSA) is 54.4 Å². The van der Waals surface area contributed by atoms with E-state index in [1.165, 1.54) is 0 Å². The van der Waals surface area contributed by atoms with Crippen molar-refractivity contribution < 1.29 is 46.2 Å². The number of aliphatic hydroxyl groups is 1. The van der Waals surface area contributed by atoms with Gasteiger partial charge in [0.15, 0.2) is 9.84 Å². The van der Waals surface area contributed by atoms with Gasteiger partial charge in [-0.3, -0.25) is 0 Å². The molecule has 1 heterocycles. The van der Waals surface area contributed by atoms with E-state index in [1.807, 2.05) is 18.2 Å². The second-order valence-corrected chi connectivity index (χ2v) is 7.92. The first-order valence-electron chi connectivity index (χ1n) is 6.77. The molecular weight excluding hydrogens is 361 g/mol. The molecule has 1 aliphatic rings. The van der Waals surface area contributed by atoms with E-state index in [0.29, 0.717) is 5.92 Å². The van der Waals surface area contributed by atoms with Gasteiger partial charge in [0.1, 0.15) is 5.60 Å². The van der Waals surface area contributed by atoms with Crippen molar-refractivity contribution in [3.63, 3.8) is 0 Å². The third-order valence-electron chi connectivity index (χ3n) is 3.55. The zero-order valence-electron chi connectivity index (χ0n) is 12.4. The molecule has 1 aliphatic heterocycles. The van der Waals surface area contributed by atoms with Gasteiger partial charge < -0.3 is 5.11 Å². The van der Waals surface area contributed by atoms with E-state index in [0.717, 1.165) is 11.1 Å². The Balaban J connectivity index is 0.00000220. The third kappa shape index (κ3) is 5.49. The van der Waals surface area contributed by atoms with Crippen LogP contribution in [0.15, 0.2) is 18.2 Å². The Hall–Kier alpha value is -0.206. The monoisotopic (exact) mass is 380 g/mol. The van der Waals surface area contributed by atoms with E-state index in [9.17, 15) is 13.5 Å². The molecule has 0 amide bonds. The minimum atomic E-state index is -2.99. The summed E-state index contributed by atoms with van der Waals surface area (Å²) in [6.07, 6.45) is 0.381. The average Bonchev–Trinajstić information content (AvgIpc) is 2.41. The summed E-state index contributed by atoms with van der Waals surface area (Å²) in [6.45, 7) is 4.20. The fraction of sp³-hybridized carbons (Fsp3) is 0.500. The molecule has 0 saturated carbocycles. The molecule has 0 atom stereocenters. The first kappa shape index (κ1) is 18.8. The second kappa shape index (κ2) is 7.37. The summed E-state index contributed by atoms with van der Waals surface area (Å²) < 4.78 is 22.7. The van der Waals surface area contributed by atoms with Crippen LogP contribution in [-0.4, -0.2) is 30.6 Å². The Morgan fingerprint density at radius 2 is 1.90 bits per heavy atom. The van der Waals surface area contributed by atoms with Gasteiger partial charge in [-0.25, -0.2) is 8.42 Å². The number of rotatable bonds is 1. The van der Waals surface area contributed by atoms with Crippen molar-refractivity contribution in [3.8, 4) is 11.8 Å². The maximum Gasteiger partial charge on any atom is 0.150 e. The van der Waals surface area contributed by atoms with Gasteiger partial charge >= 0.3 is 0 Å². The van der Waals surface area contributed by atoms with Gasteiger partial charge in [0.05, 0.1) is 11.5 Å². The zero-order valence-corrected chi connectivity index (χ0v) is 16.0. The number of hydrogen-bond donors (Lipinski definition) is 1. The van der Waals surface area contributed by atoms with Crippen molar-refractivity contribution >= 4 is 9.84 Å². The predicted molar refractivity (Wildman–Crippen MR) is 79.1 cm³/mol. The van der Waals surface area contributed by atoms with Crippen molar-refractivity contribution in [2.24, 2.45) is 0 Å². The summed E-state index contributed by atoms with van der Waals surface area (Å²) in [5.41, 5.74) is 0.733. The maximum atomic E-state index is 11.3. The van der Waals surface area contributed by atoms with E-state index in [4.69, 9.17) is 0 Å². The van der Waals surface area contributed by atoms with Crippen LogP contribution in [0.3, 0.4) is 0 Å². The molecule has 1 radical (unpaired) electrons. The molecule has 0 unspecified atom stereocenters. The van der Waals surface area contributed by atoms with Crippen LogP contribution in [-0.2, 0) is 42.5 Å². The van der Waals surface area contributed by atoms with Crippen LogP contribution >= 0.6 is 0 Å². The van der Waals surface area contributed by atoms with Crippen LogP contribution in [0.2, 0.25) is 0 Å².